The molecule has 0 bridgehead atoms. The van der Waals surface area contributed by atoms with Crippen LogP contribution < -0.4 is 20.1 Å². The molecule has 8 heteroatoms. The molecule has 2 N–H and O–H groups in total. The molecule has 0 amide bonds. The van der Waals surface area contributed by atoms with Gasteiger partial charge in [0.05, 0.1) is 39.1 Å². The van der Waals surface area contributed by atoms with Gasteiger partial charge in [-0.15, -0.1) is 24.0 Å². The van der Waals surface area contributed by atoms with Gasteiger partial charge in [0.25, 0.3) is 0 Å². The Morgan fingerprint density at radius 1 is 1.07 bits per heavy atom. The molecule has 0 heterocycles. The molecule has 0 spiro atoms. The fraction of sp³-hybridized carbons (Fsp3) is 0.632. The van der Waals surface area contributed by atoms with Gasteiger partial charge in [-0.2, -0.15) is 0 Å². The minimum Gasteiger partial charge on any atom is -0.490 e. The van der Waals surface area contributed by atoms with E-state index in [1.807, 2.05) is 32.0 Å². The zero-order valence-electron chi connectivity index (χ0n) is 17.0. The number of benzene rings is 1. The van der Waals surface area contributed by atoms with E-state index in [1.165, 1.54) is 0 Å². The number of methoxy groups -OCH3 is 1. The molecule has 1 rings (SSSR count). The molecule has 7 nitrogen and oxygen atoms in total. The minimum atomic E-state index is 0. The van der Waals surface area contributed by atoms with Crippen molar-refractivity contribution in [3.05, 3.63) is 23.8 Å². The Labute approximate surface area is 180 Å². The van der Waals surface area contributed by atoms with E-state index in [1.54, 1.807) is 14.2 Å². The second kappa shape index (κ2) is 15.8. The van der Waals surface area contributed by atoms with E-state index in [0.29, 0.717) is 39.6 Å². The Bertz CT molecular complexity index is 544. The molecule has 0 fully saturated rings. The van der Waals surface area contributed by atoms with Crippen LogP contribution in [0.2, 0.25) is 0 Å². The third-order valence-corrected chi connectivity index (χ3v) is 3.61. The number of rotatable bonds is 12. The Hall–Kier alpha value is -1.26. The maximum absolute atomic E-state index is 5.70. The Balaban J connectivity index is 0.00000676. The third kappa shape index (κ3) is 10.0. The topological polar surface area (TPSA) is 73.3 Å². The lowest BCUT2D eigenvalue weighted by molar-refractivity contribution is 0.0733. The van der Waals surface area contributed by atoms with Crippen LogP contribution >= 0.6 is 24.0 Å². The van der Waals surface area contributed by atoms with E-state index in [9.17, 15) is 0 Å². The van der Waals surface area contributed by atoms with Gasteiger partial charge in [0.2, 0.25) is 0 Å². The predicted molar refractivity (Wildman–Crippen MR) is 120 cm³/mol. The van der Waals surface area contributed by atoms with Crippen LogP contribution in [0, 0.1) is 0 Å². The van der Waals surface area contributed by atoms with Gasteiger partial charge in [0, 0.05) is 20.7 Å². The molecule has 0 saturated carbocycles. The molecule has 1 aromatic carbocycles. The molecule has 156 valence electrons. The van der Waals surface area contributed by atoms with Gasteiger partial charge in [0.15, 0.2) is 17.5 Å². The summed E-state index contributed by atoms with van der Waals surface area (Å²) in [5, 5.41) is 6.60. The van der Waals surface area contributed by atoms with Crippen molar-refractivity contribution in [2.45, 2.75) is 26.8 Å². The van der Waals surface area contributed by atoms with E-state index >= 15 is 0 Å². The molecule has 1 atom stereocenters. The number of guanidine groups is 1. The van der Waals surface area contributed by atoms with Gasteiger partial charge in [0.1, 0.15) is 0 Å². The first kappa shape index (κ1) is 25.7. The largest absolute Gasteiger partial charge is 0.490 e. The summed E-state index contributed by atoms with van der Waals surface area (Å²) >= 11 is 0. The summed E-state index contributed by atoms with van der Waals surface area (Å²) < 4.78 is 21.7. The number of halogens is 1. The number of nitrogens with one attached hydrogen (secondary N) is 2. The molecule has 0 aliphatic rings. The highest BCUT2D eigenvalue weighted by Crippen LogP contribution is 2.30. The molecule has 0 aromatic heterocycles. The average Bonchev–Trinajstić information content (AvgIpc) is 2.65. The van der Waals surface area contributed by atoms with Crippen LogP contribution in [0.1, 0.15) is 32.4 Å². The molecular formula is C19H34IN3O4. The maximum atomic E-state index is 5.70. The molecule has 0 aliphatic heterocycles. The number of hydrogen-bond donors (Lipinski definition) is 2. The van der Waals surface area contributed by atoms with Crippen LogP contribution in [0.3, 0.4) is 0 Å². The first-order chi connectivity index (χ1) is 12.7. The highest BCUT2D eigenvalue weighted by molar-refractivity contribution is 14.0. The summed E-state index contributed by atoms with van der Waals surface area (Å²) in [7, 11) is 3.41. The normalized spacial score (nSPS) is 12.1. The second-order valence-electron chi connectivity index (χ2n) is 5.54. The molecule has 1 aromatic rings. The summed E-state index contributed by atoms with van der Waals surface area (Å²) in [6, 6.07) is 6.05. The number of ether oxygens (including phenoxy) is 4. The smallest absolute Gasteiger partial charge is 0.191 e. The van der Waals surface area contributed by atoms with Crippen molar-refractivity contribution in [3.8, 4) is 11.5 Å². The Kier molecular flexibility index (Phi) is 15.0. The summed E-state index contributed by atoms with van der Waals surface area (Å²) in [4.78, 5) is 4.25. The van der Waals surface area contributed by atoms with Gasteiger partial charge < -0.3 is 29.6 Å². The minimum absolute atomic E-state index is 0. The SMILES string of the molecule is CCOc1ccc(C(C)NC(=NC)NCCOCCOC)cc1OCC.I. The highest BCUT2D eigenvalue weighted by Gasteiger charge is 2.12. The predicted octanol–water partition coefficient (Wildman–Crippen LogP) is 2.99. The zero-order valence-corrected chi connectivity index (χ0v) is 19.4. The van der Waals surface area contributed by atoms with Crippen molar-refractivity contribution in [1.82, 2.24) is 10.6 Å². The number of nitrogens with zero attached hydrogens (tertiary/aromatic N) is 1. The Morgan fingerprint density at radius 3 is 2.41 bits per heavy atom. The van der Waals surface area contributed by atoms with Gasteiger partial charge >= 0.3 is 0 Å². The molecule has 0 saturated heterocycles. The lowest BCUT2D eigenvalue weighted by atomic mass is 10.1. The summed E-state index contributed by atoms with van der Waals surface area (Å²) in [5.74, 6) is 2.25. The van der Waals surface area contributed by atoms with Gasteiger partial charge in [-0.3, -0.25) is 4.99 Å². The van der Waals surface area contributed by atoms with Crippen molar-refractivity contribution in [1.29, 1.82) is 0 Å². The monoisotopic (exact) mass is 495 g/mol. The van der Waals surface area contributed by atoms with Crippen LogP contribution in [0.4, 0.5) is 0 Å². The second-order valence-corrected chi connectivity index (χ2v) is 5.54. The van der Waals surface area contributed by atoms with Gasteiger partial charge in [-0.25, -0.2) is 0 Å². The first-order valence-electron chi connectivity index (χ1n) is 9.09. The fourth-order valence-electron chi connectivity index (χ4n) is 2.31. The first-order valence-corrected chi connectivity index (χ1v) is 9.09. The molecule has 1 unspecified atom stereocenters. The third-order valence-electron chi connectivity index (χ3n) is 3.61. The zero-order chi connectivity index (χ0) is 19.2. The number of hydrogen-bond acceptors (Lipinski definition) is 5. The van der Waals surface area contributed by atoms with E-state index in [2.05, 4.69) is 22.5 Å². The van der Waals surface area contributed by atoms with E-state index in [4.69, 9.17) is 18.9 Å². The molecule has 27 heavy (non-hydrogen) atoms. The van der Waals surface area contributed by atoms with Crippen LogP contribution in [-0.2, 0) is 9.47 Å². The van der Waals surface area contributed by atoms with Crippen LogP contribution in [-0.4, -0.2) is 59.7 Å². The molecule has 0 radical (unpaired) electrons. The molecule has 0 aliphatic carbocycles. The van der Waals surface area contributed by atoms with E-state index in [0.717, 1.165) is 23.0 Å². The van der Waals surface area contributed by atoms with Gasteiger partial charge in [-0.05, 0) is 38.5 Å². The maximum Gasteiger partial charge on any atom is 0.191 e. The lowest BCUT2D eigenvalue weighted by Gasteiger charge is -2.20. The summed E-state index contributed by atoms with van der Waals surface area (Å²) in [6.45, 7) is 9.66. The Morgan fingerprint density at radius 2 is 1.78 bits per heavy atom. The fourth-order valence-corrected chi connectivity index (χ4v) is 2.31. The number of aliphatic imine (C=N–C) groups is 1. The standard InChI is InChI=1S/C19H33N3O4.HI/c1-6-25-17-9-8-16(14-18(17)26-7-2)15(3)22-19(20-4)21-10-11-24-13-12-23-5;/h8-9,14-15H,6-7,10-13H2,1-5H3,(H2,20,21,22);1H. The quantitative estimate of drug-likeness (QED) is 0.201. The lowest BCUT2D eigenvalue weighted by Crippen LogP contribution is -2.40. The van der Waals surface area contributed by atoms with Crippen molar-refractivity contribution >= 4 is 29.9 Å². The summed E-state index contributed by atoms with van der Waals surface area (Å²) in [5.41, 5.74) is 1.09. The average molecular weight is 495 g/mol. The van der Waals surface area contributed by atoms with Crippen molar-refractivity contribution in [2.24, 2.45) is 4.99 Å². The summed E-state index contributed by atoms with van der Waals surface area (Å²) in [6.07, 6.45) is 0. The van der Waals surface area contributed by atoms with Crippen molar-refractivity contribution < 1.29 is 18.9 Å². The van der Waals surface area contributed by atoms with Crippen molar-refractivity contribution in [3.63, 3.8) is 0 Å². The van der Waals surface area contributed by atoms with Crippen LogP contribution in [0.25, 0.3) is 0 Å². The van der Waals surface area contributed by atoms with E-state index < -0.39 is 0 Å². The van der Waals surface area contributed by atoms with E-state index in [-0.39, 0.29) is 30.0 Å². The highest BCUT2D eigenvalue weighted by atomic mass is 127. The van der Waals surface area contributed by atoms with Gasteiger partial charge in [-0.1, -0.05) is 6.07 Å². The van der Waals surface area contributed by atoms with Crippen LogP contribution in [0.5, 0.6) is 11.5 Å². The molecular weight excluding hydrogens is 461 g/mol. The van der Waals surface area contributed by atoms with Crippen molar-refractivity contribution in [2.75, 3.05) is 53.7 Å². The van der Waals surface area contributed by atoms with Crippen LogP contribution in [0.15, 0.2) is 23.2 Å².